The molecule has 0 fully saturated rings. The number of aromatic nitrogens is 3. The number of halogens is 3. The number of nitrogens with zero attached hydrogens (tertiary/aromatic N) is 2. The van der Waals surface area contributed by atoms with E-state index in [9.17, 15) is 18.0 Å². The van der Waals surface area contributed by atoms with Crippen LogP contribution in [0.1, 0.15) is 16.8 Å². The maximum atomic E-state index is 12.9. The first-order valence-corrected chi connectivity index (χ1v) is 5.88. The molecule has 0 amide bonds. The van der Waals surface area contributed by atoms with E-state index in [0.717, 1.165) is 10.1 Å². The minimum absolute atomic E-state index is 0.00122. The van der Waals surface area contributed by atoms with Gasteiger partial charge in [-0.25, -0.2) is 9.50 Å². The largest absolute Gasteiger partial charge is 0.433 e. The molecule has 1 aromatic carbocycles. The minimum atomic E-state index is -4.55. The molecule has 0 aliphatic rings. The van der Waals surface area contributed by atoms with Crippen molar-refractivity contribution >= 4 is 16.6 Å². The third kappa shape index (κ3) is 1.70. The van der Waals surface area contributed by atoms with Crippen molar-refractivity contribution < 1.29 is 13.2 Å². The Labute approximate surface area is 110 Å². The second-order valence-corrected chi connectivity index (χ2v) is 4.71. The lowest BCUT2D eigenvalue weighted by molar-refractivity contribution is -0.141. The van der Waals surface area contributed by atoms with Gasteiger partial charge in [-0.1, -0.05) is 11.6 Å². The molecule has 0 saturated carbocycles. The SMILES string of the molecule is Cc1ccc2nc3c(C)c(C(F)(F)F)[nH]n3c(=O)c2c1. The molecule has 1 N–H and O–H groups in total. The molecule has 0 radical (unpaired) electrons. The van der Waals surface area contributed by atoms with Gasteiger partial charge >= 0.3 is 6.18 Å². The number of hydrogen-bond acceptors (Lipinski definition) is 2. The van der Waals surface area contributed by atoms with Crippen molar-refractivity contribution in [2.75, 3.05) is 0 Å². The lowest BCUT2D eigenvalue weighted by Crippen LogP contribution is -2.16. The first-order valence-electron chi connectivity index (χ1n) is 5.88. The van der Waals surface area contributed by atoms with Crippen LogP contribution in [-0.4, -0.2) is 14.6 Å². The molecule has 0 spiro atoms. The van der Waals surface area contributed by atoms with Crippen LogP contribution in [0.3, 0.4) is 0 Å². The van der Waals surface area contributed by atoms with Crippen LogP contribution in [0, 0.1) is 13.8 Å². The molecular weight excluding hydrogens is 271 g/mol. The van der Waals surface area contributed by atoms with Crippen molar-refractivity contribution in [3.8, 4) is 0 Å². The Bertz CT molecular complexity index is 890. The third-order valence-electron chi connectivity index (χ3n) is 3.24. The number of benzene rings is 1. The summed E-state index contributed by atoms with van der Waals surface area (Å²) in [7, 11) is 0. The van der Waals surface area contributed by atoms with Crippen molar-refractivity contribution in [1.29, 1.82) is 0 Å². The molecule has 4 nitrogen and oxygen atoms in total. The summed E-state index contributed by atoms with van der Waals surface area (Å²) in [6.07, 6.45) is -4.55. The molecule has 2 heterocycles. The lowest BCUT2D eigenvalue weighted by Gasteiger charge is -2.02. The second-order valence-electron chi connectivity index (χ2n) is 4.71. The van der Waals surface area contributed by atoms with Crippen LogP contribution in [0.2, 0.25) is 0 Å². The molecule has 3 aromatic rings. The maximum Gasteiger partial charge on any atom is 0.433 e. The Kier molecular flexibility index (Phi) is 2.44. The maximum absolute atomic E-state index is 12.9. The lowest BCUT2D eigenvalue weighted by atomic mass is 10.1. The van der Waals surface area contributed by atoms with Crippen molar-refractivity contribution in [1.82, 2.24) is 14.6 Å². The van der Waals surface area contributed by atoms with E-state index >= 15 is 0 Å². The molecule has 20 heavy (non-hydrogen) atoms. The van der Waals surface area contributed by atoms with Crippen LogP contribution in [0.25, 0.3) is 16.6 Å². The van der Waals surface area contributed by atoms with Crippen molar-refractivity contribution in [2.24, 2.45) is 0 Å². The molecule has 0 aliphatic carbocycles. The second kappa shape index (κ2) is 3.84. The Morgan fingerprint density at radius 3 is 2.60 bits per heavy atom. The molecule has 0 aliphatic heterocycles. The zero-order chi connectivity index (χ0) is 14.7. The summed E-state index contributed by atoms with van der Waals surface area (Å²) >= 11 is 0. The first kappa shape index (κ1) is 12.7. The summed E-state index contributed by atoms with van der Waals surface area (Å²) in [6.45, 7) is 3.09. The average Bonchev–Trinajstić information content (AvgIpc) is 2.69. The average molecular weight is 281 g/mol. The molecule has 3 rings (SSSR count). The zero-order valence-electron chi connectivity index (χ0n) is 10.7. The molecule has 104 valence electrons. The number of fused-ring (bicyclic) bond motifs is 2. The van der Waals surface area contributed by atoms with E-state index in [1.165, 1.54) is 6.92 Å². The van der Waals surface area contributed by atoms with Gasteiger partial charge in [0.25, 0.3) is 5.56 Å². The number of rotatable bonds is 0. The van der Waals surface area contributed by atoms with Gasteiger partial charge in [0.05, 0.1) is 10.9 Å². The predicted molar refractivity (Wildman–Crippen MR) is 67.8 cm³/mol. The van der Waals surface area contributed by atoms with Gasteiger partial charge in [0, 0.05) is 5.56 Å². The van der Waals surface area contributed by atoms with Gasteiger partial charge in [-0.3, -0.25) is 9.89 Å². The summed E-state index contributed by atoms with van der Waals surface area (Å²) < 4.78 is 39.4. The van der Waals surface area contributed by atoms with Crippen LogP contribution in [-0.2, 0) is 6.18 Å². The van der Waals surface area contributed by atoms with Crippen LogP contribution >= 0.6 is 0 Å². The normalized spacial score (nSPS) is 12.4. The minimum Gasteiger partial charge on any atom is -0.285 e. The fourth-order valence-electron chi connectivity index (χ4n) is 2.24. The summed E-state index contributed by atoms with van der Waals surface area (Å²) in [5.41, 5.74) is -0.343. The van der Waals surface area contributed by atoms with E-state index < -0.39 is 17.4 Å². The first-order chi connectivity index (χ1) is 9.29. The van der Waals surface area contributed by atoms with Gasteiger partial charge in [-0.2, -0.15) is 13.2 Å². The van der Waals surface area contributed by atoms with Gasteiger partial charge in [0.1, 0.15) is 5.69 Å². The highest BCUT2D eigenvalue weighted by atomic mass is 19.4. The number of nitrogens with one attached hydrogen (secondary N) is 1. The van der Waals surface area contributed by atoms with Crippen LogP contribution < -0.4 is 5.56 Å². The van der Waals surface area contributed by atoms with E-state index in [1.54, 1.807) is 25.1 Å². The molecule has 0 atom stereocenters. The monoisotopic (exact) mass is 281 g/mol. The van der Waals surface area contributed by atoms with Crippen LogP contribution in [0.5, 0.6) is 0 Å². The Morgan fingerprint density at radius 2 is 1.95 bits per heavy atom. The fourth-order valence-corrected chi connectivity index (χ4v) is 2.24. The quantitative estimate of drug-likeness (QED) is 0.689. The van der Waals surface area contributed by atoms with Gasteiger partial charge in [-0.15, -0.1) is 0 Å². The number of hydrogen-bond donors (Lipinski definition) is 1. The molecule has 2 aromatic heterocycles. The highest BCUT2D eigenvalue weighted by Gasteiger charge is 2.36. The van der Waals surface area contributed by atoms with E-state index in [2.05, 4.69) is 10.1 Å². The van der Waals surface area contributed by atoms with Gasteiger partial charge in [0.2, 0.25) is 0 Å². The van der Waals surface area contributed by atoms with Crippen molar-refractivity contribution in [2.45, 2.75) is 20.0 Å². The van der Waals surface area contributed by atoms with Crippen LogP contribution in [0.4, 0.5) is 13.2 Å². The summed E-state index contributed by atoms with van der Waals surface area (Å²) in [6, 6.07) is 5.00. The summed E-state index contributed by atoms with van der Waals surface area (Å²) in [5, 5.41) is 2.39. The summed E-state index contributed by atoms with van der Waals surface area (Å²) in [5.74, 6) is 0. The zero-order valence-corrected chi connectivity index (χ0v) is 10.7. The molecular formula is C13H10F3N3O. The van der Waals surface area contributed by atoms with Gasteiger partial charge < -0.3 is 0 Å². The Morgan fingerprint density at radius 1 is 1.25 bits per heavy atom. The fraction of sp³-hybridized carbons (Fsp3) is 0.231. The third-order valence-corrected chi connectivity index (χ3v) is 3.24. The topological polar surface area (TPSA) is 50.2 Å². The standard InChI is InChI=1S/C13H10F3N3O/c1-6-3-4-9-8(5-6)12(20)19-11(17-9)7(2)10(18-19)13(14,15)16/h3-5,18H,1-2H3. The van der Waals surface area contributed by atoms with E-state index in [-0.39, 0.29) is 16.6 Å². The molecule has 0 bridgehead atoms. The number of aromatic amines is 1. The predicted octanol–water partition coefficient (Wildman–Crippen LogP) is 2.81. The van der Waals surface area contributed by atoms with Gasteiger partial charge in [-0.05, 0) is 26.0 Å². The van der Waals surface area contributed by atoms with E-state index in [0.29, 0.717) is 5.52 Å². The van der Waals surface area contributed by atoms with Crippen LogP contribution in [0.15, 0.2) is 23.0 Å². The number of aryl methyl sites for hydroxylation is 2. The molecule has 7 heteroatoms. The number of alkyl halides is 3. The Balaban J connectivity index is 2.50. The number of H-pyrrole nitrogens is 1. The Hall–Kier alpha value is -2.31. The summed E-state index contributed by atoms with van der Waals surface area (Å²) in [4.78, 5) is 16.4. The highest BCUT2D eigenvalue weighted by molar-refractivity contribution is 5.80. The van der Waals surface area contributed by atoms with E-state index in [1.807, 2.05) is 0 Å². The molecule has 0 unspecified atom stereocenters. The van der Waals surface area contributed by atoms with Gasteiger partial charge in [0.15, 0.2) is 5.65 Å². The molecule has 0 saturated heterocycles. The van der Waals surface area contributed by atoms with Crippen molar-refractivity contribution in [3.63, 3.8) is 0 Å². The van der Waals surface area contributed by atoms with Crippen molar-refractivity contribution in [3.05, 3.63) is 45.4 Å². The highest BCUT2D eigenvalue weighted by Crippen LogP contribution is 2.31. The smallest absolute Gasteiger partial charge is 0.285 e. The van der Waals surface area contributed by atoms with E-state index in [4.69, 9.17) is 0 Å².